The summed E-state index contributed by atoms with van der Waals surface area (Å²) in [4.78, 5) is 2.67. The molecule has 3 rings (SSSR count). The van der Waals surface area contributed by atoms with Crippen LogP contribution in [0.4, 0.5) is 0 Å². The lowest BCUT2D eigenvalue weighted by molar-refractivity contribution is -0.128. The fourth-order valence-corrected chi connectivity index (χ4v) is 3.24. The Kier molecular flexibility index (Phi) is 1.37. The normalized spacial score (nSPS) is 51.8. The van der Waals surface area contributed by atoms with Gasteiger partial charge in [-0.3, -0.25) is 4.90 Å². The van der Waals surface area contributed by atoms with Crippen molar-refractivity contribution in [3.63, 3.8) is 0 Å². The zero-order valence-electron chi connectivity index (χ0n) is 7.75. The highest BCUT2D eigenvalue weighted by Crippen LogP contribution is 2.51. The average Bonchev–Trinajstić information content (AvgIpc) is 2.80. The van der Waals surface area contributed by atoms with Gasteiger partial charge in [-0.25, -0.2) is 0 Å². The third-order valence-electron chi connectivity index (χ3n) is 4.18. The third kappa shape index (κ3) is 0.728. The van der Waals surface area contributed by atoms with Gasteiger partial charge >= 0.3 is 0 Å². The molecule has 2 saturated heterocycles. The van der Waals surface area contributed by atoms with Crippen molar-refractivity contribution in [3.8, 4) is 0 Å². The maximum absolute atomic E-state index is 5.56. The Morgan fingerprint density at radius 1 is 1.50 bits per heavy atom. The van der Waals surface area contributed by atoms with Gasteiger partial charge in [-0.2, -0.15) is 0 Å². The number of rotatable bonds is 2. The van der Waals surface area contributed by atoms with E-state index in [4.69, 9.17) is 4.74 Å². The molecule has 2 heterocycles. The lowest BCUT2D eigenvalue weighted by atomic mass is 9.82. The summed E-state index contributed by atoms with van der Waals surface area (Å²) in [7, 11) is 0. The summed E-state index contributed by atoms with van der Waals surface area (Å²) in [5.41, 5.74) is 0.572. The molecule has 3 aliphatic rings. The van der Waals surface area contributed by atoms with Crippen molar-refractivity contribution in [3.05, 3.63) is 0 Å². The second-order valence-electron chi connectivity index (χ2n) is 4.46. The molecule has 0 aromatic rings. The van der Waals surface area contributed by atoms with Gasteiger partial charge in [0.15, 0.2) is 0 Å². The molecule has 3 unspecified atom stereocenters. The highest BCUT2D eigenvalue weighted by molar-refractivity contribution is 5.11. The Morgan fingerprint density at radius 3 is 2.75 bits per heavy atom. The fourth-order valence-electron chi connectivity index (χ4n) is 3.24. The molecule has 2 aliphatic heterocycles. The highest BCUT2D eigenvalue weighted by atomic mass is 16.5. The van der Waals surface area contributed by atoms with E-state index in [-0.39, 0.29) is 0 Å². The second-order valence-corrected chi connectivity index (χ2v) is 4.46. The monoisotopic (exact) mass is 167 g/mol. The van der Waals surface area contributed by atoms with Crippen LogP contribution >= 0.6 is 0 Å². The molecule has 2 heteroatoms. The molecule has 1 aliphatic carbocycles. The summed E-state index contributed by atoms with van der Waals surface area (Å²) in [5.74, 6) is 0.880. The molecule has 0 spiro atoms. The number of ether oxygens (including phenoxy) is 1. The summed E-state index contributed by atoms with van der Waals surface area (Å²) >= 11 is 0. The van der Waals surface area contributed by atoms with Gasteiger partial charge in [0.25, 0.3) is 0 Å². The van der Waals surface area contributed by atoms with Crippen molar-refractivity contribution in [2.45, 2.75) is 37.8 Å². The summed E-state index contributed by atoms with van der Waals surface area (Å²) in [5, 5.41) is 0. The first kappa shape index (κ1) is 7.34. The highest BCUT2D eigenvalue weighted by Gasteiger charge is 2.57. The van der Waals surface area contributed by atoms with E-state index in [9.17, 15) is 0 Å². The van der Waals surface area contributed by atoms with Gasteiger partial charge in [0.05, 0.1) is 12.7 Å². The average molecular weight is 167 g/mol. The van der Waals surface area contributed by atoms with E-state index in [2.05, 4.69) is 11.8 Å². The predicted octanol–water partition coefficient (Wildman–Crippen LogP) is 1.26. The van der Waals surface area contributed by atoms with Crippen LogP contribution in [0.3, 0.4) is 0 Å². The largest absolute Gasteiger partial charge is 0.377 e. The molecule has 0 aromatic heterocycles. The number of hydrogen-bond acceptors (Lipinski definition) is 2. The maximum atomic E-state index is 5.56. The van der Waals surface area contributed by atoms with Crippen LogP contribution in [0.5, 0.6) is 0 Å². The standard InChI is InChI=1S/C10H17NO/c1-2-10(11-5-6-11)4-3-9-8(10)7-12-9/h8-9H,2-7H2,1H3. The summed E-state index contributed by atoms with van der Waals surface area (Å²) in [6, 6.07) is 0. The molecule has 68 valence electrons. The molecule has 12 heavy (non-hydrogen) atoms. The van der Waals surface area contributed by atoms with Crippen LogP contribution in [-0.2, 0) is 4.74 Å². The third-order valence-corrected chi connectivity index (χ3v) is 4.18. The number of hydrogen-bond donors (Lipinski definition) is 0. The fraction of sp³-hybridized carbons (Fsp3) is 1.00. The van der Waals surface area contributed by atoms with E-state index in [1.807, 2.05) is 0 Å². The van der Waals surface area contributed by atoms with Crippen molar-refractivity contribution in [2.75, 3.05) is 19.7 Å². The van der Waals surface area contributed by atoms with E-state index in [0.717, 1.165) is 12.5 Å². The van der Waals surface area contributed by atoms with E-state index in [1.54, 1.807) is 0 Å². The minimum atomic E-state index is 0.572. The Bertz CT molecular complexity index is 202. The van der Waals surface area contributed by atoms with Crippen LogP contribution in [0.1, 0.15) is 26.2 Å². The molecular weight excluding hydrogens is 150 g/mol. The molecular formula is C10H17NO. The van der Waals surface area contributed by atoms with Gasteiger partial charge < -0.3 is 4.74 Å². The topological polar surface area (TPSA) is 12.2 Å². The SMILES string of the molecule is CCC1(N2CC2)CCC2OCC21. The van der Waals surface area contributed by atoms with Gasteiger partial charge in [-0.05, 0) is 19.3 Å². The lowest BCUT2D eigenvalue weighted by Crippen LogP contribution is -2.52. The number of nitrogens with zero attached hydrogens (tertiary/aromatic N) is 1. The van der Waals surface area contributed by atoms with Crippen LogP contribution in [0, 0.1) is 5.92 Å². The van der Waals surface area contributed by atoms with E-state index < -0.39 is 0 Å². The van der Waals surface area contributed by atoms with E-state index in [1.165, 1.54) is 32.4 Å². The van der Waals surface area contributed by atoms with Crippen LogP contribution in [0.2, 0.25) is 0 Å². The van der Waals surface area contributed by atoms with Crippen LogP contribution < -0.4 is 0 Å². The van der Waals surface area contributed by atoms with Crippen LogP contribution in [0.15, 0.2) is 0 Å². The Hall–Kier alpha value is -0.0800. The van der Waals surface area contributed by atoms with Gasteiger partial charge in [0, 0.05) is 24.5 Å². The van der Waals surface area contributed by atoms with Gasteiger partial charge in [0.1, 0.15) is 0 Å². The van der Waals surface area contributed by atoms with Crippen molar-refractivity contribution in [1.82, 2.24) is 4.90 Å². The zero-order valence-corrected chi connectivity index (χ0v) is 7.75. The van der Waals surface area contributed by atoms with Crippen LogP contribution in [-0.4, -0.2) is 36.2 Å². The molecule has 3 fully saturated rings. The van der Waals surface area contributed by atoms with Crippen LogP contribution in [0.25, 0.3) is 0 Å². The lowest BCUT2D eigenvalue weighted by Gasteiger charge is -2.43. The maximum Gasteiger partial charge on any atom is 0.0643 e. The Morgan fingerprint density at radius 2 is 2.33 bits per heavy atom. The van der Waals surface area contributed by atoms with Crippen molar-refractivity contribution in [2.24, 2.45) is 5.92 Å². The van der Waals surface area contributed by atoms with E-state index in [0.29, 0.717) is 11.6 Å². The Balaban J connectivity index is 1.86. The number of fused-ring (bicyclic) bond motifs is 1. The summed E-state index contributed by atoms with van der Waals surface area (Å²) in [6.45, 7) is 6.07. The minimum Gasteiger partial charge on any atom is -0.377 e. The summed E-state index contributed by atoms with van der Waals surface area (Å²) < 4.78 is 5.56. The smallest absolute Gasteiger partial charge is 0.0643 e. The predicted molar refractivity (Wildman–Crippen MR) is 47.1 cm³/mol. The molecule has 1 saturated carbocycles. The van der Waals surface area contributed by atoms with Crippen molar-refractivity contribution in [1.29, 1.82) is 0 Å². The summed E-state index contributed by atoms with van der Waals surface area (Å²) in [6.07, 6.45) is 4.66. The Labute approximate surface area is 73.9 Å². The minimum absolute atomic E-state index is 0.572. The zero-order chi connectivity index (χ0) is 8.18. The molecule has 0 N–H and O–H groups in total. The molecule has 0 aromatic carbocycles. The van der Waals surface area contributed by atoms with Crippen molar-refractivity contribution < 1.29 is 4.74 Å². The van der Waals surface area contributed by atoms with Gasteiger partial charge in [-0.1, -0.05) is 6.92 Å². The second kappa shape index (κ2) is 2.24. The first-order valence-corrected chi connectivity index (χ1v) is 5.23. The van der Waals surface area contributed by atoms with Crippen molar-refractivity contribution >= 4 is 0 Å². The molecule has 3 atom stereocenters. The molecule has 0 amide bonds. The van der Waals surface area contributed by atoms with Gasteiger partial charge in [0.2, 0.25) is 0 Å². The van der Waals surface area contributed by atoms with Gasteiger partial charge in [-0.15, -0.1) is 0 Å². The quantitative estimate of drug-likeness (QED) is 0.574. The molecule has 0 bridgehead atoms. The first-order chi connectivity index (χ1) is 5.87. The molecule has 0 radical (unpaired) electrons. The van der Waals surface area contributed by atoms with E-state index >= 15 is 0 Å². The molecule has 2 nitrogen and oxygen atoms in total. The first-order valence-electron chi connectivity index (χ1n) is 5.23.